The Morgan fingerprint density at radius 1 is 1.00 bits per heavy atom. The topological polar surface area (TPSA) is 61.9 Å². The molecule has 0 radical (unpaired) electrons. The molecule has 24 heavy (non-hydrogen) atoms. The molecule has 2 amide bonds. The zero-order valence-electron chi connectivity index (χ0n) is 15.9. The fourth-order valence-electron chi connectivity index (χ4n) is 2.08. The van der Waals surface area contributed by atoms with Gasteiger partial charge in [-0.15, -0.1) is 0 Å². The van der Waals surface area contributed by atoms with Crippen LogP contribution in [0.1, 0.15) is 51.9 Å². The van der Waals surface area contributed by atoms with E-state index in [9.17, 15) is 9.59 Å². The first-order chi connectivity index (χ1) is 10.8. The molecule has 0 bridgehead atoms. The Morgan fingerprint density at radius 3 is 2.00 bits per heavy atom. The average molecular weight is 335 g/mol. The Balaban J connectivity index is 3.15. The van der Waals surface area contributed by atoms with Crippen molar-refractivity contribution in [3.8, 4) is 0 Å². The first kappa shape index (κ1) is 19.8. The Bertz CT molecular complexity index is 598. The predicted molar refractivity (Wildman–Crippen MR) is 96.1 cm³/mol. The molecule has 134 valence electrons. The summed E-state index contributed by atoms with van der Waals surface area (Å²) < 4.78 is 5.27. The quantitative estimate of drug-likeness (QED) is 0.841. The third-order valence-corrected chi connectivity index (χ3v) is 3.09. The Kier molecular flexibility index (Phi) is 5.87. The number of hydrazine groups is 1. The van der Waals surface area contributed by atoms with Crippen LogP contribution in [-0.2, 0) is 4.74 Å². The van der Waals surface area contributed by atoms with Gasteiger partial charge < -0.3 is 9.64 Å². The van der Waals surface area contributed by atoms with Crippen LogP contribution in [0.3, 0.4) is 0 Å². The molecule has 0 fully saturated rings. The number of benzene rings is 1. The first-order valence-electron chi connectivity index (χ1n) is 7.93. The van der Waals surface area contributed by atoms with Crippen molar-refractivity contribution in [3.05, 3.63) is 29.8 Å². The van der Waals surface area contributed by atoms with Gasteiger partial charge in [0.1, 0.15) is 5.60 Å². The van der Waals surface area contributed by atoms with Gasteiger partial charge in [-0.3, -0.25) is 4.79 Å². The van der Waals surface area contributed by atoms with Gasteiger partial charge in [-0.2, -0.15) is 0 Å². The van der Waals surface area contributed by atoms with Crippen LogP contribution in [-0.4, -0.2) is 42.2 Å². The molecule has 0 heterocycles. The highest BCUT2D eigenvalue weighted by atomic mass is 16.6. The minimum Gasteiger partial charge on any atom is -0.443 e. The van der Waals surface area contributed by atoms with Crippen LogP contribution in [0.4, 0.5) is 10.5 Å². The smallest absolute Gasteiger partial charge is 0.426 e. The minimum absolute atomic E-state index is 0.294. The SMILES string of the molecule is CN(C)c1ccccc1C(=O)N(NC(=O)OC(C)(C)C)C(C)(C)C. The van der Waals surface area contributed by atoms with E-state index in [4.69, 9.17) is 4.74 Å². The maximum atomic E-state index is 13.0. The highest BCUT2D eigenvalue weighted by Gasteiger charge is 2.32. The van der Waals surface area contributed by atoms with Crippen molar-refractivity contribution in [2.24, 2.45) is 0 Å². The number of amides is 2. The number of nitrogens with one attached hydrogen (secondary N) is 1. The van der Waals surface area contributed by atoms with Crippen LogP contribution < -0.4 is 10.3 Å². The average Bonchev–Trinajstić information content (AvgIpc) is 2.41. The maximum absolute atomic E-state index is 13.0. The Hall–Kier alpha value is -2.24. The van der Waals surface area contributed by atoms with Crippen molar-refractivity contribution in [2.75, 3.05) is 19.0 Å². The number of carbonyl (C=O) groups is 2. The molecule has 1 rings (SSSR count). The van der Waals surface area contributed by atoms with Gasteiger partial charge in [-0.05, 0) is 53.7 Å². The van der Waals surface area contributed by atoms with E-state index in [2.05, 4.69) is 5.43 Å². The van der Waals surface area contributed by atoms with Crippen LogP contribution in [0.25, 0.3) is 0 Å². The number of hydrogen-bond donors (Lipinski definition) is 1. The summed E-state index contributed by atoms with van der Waals surface area (Å²) in [4.78, 5) is 27.0. The molecule has 0 saturated heterocycles. The zero-order valence-corrected chi connectivity index (χ0v) is 15.9. The van der Waals surface area contributed by atoms with E-state index in [0.717, 1.165) is 5.69 Å². The minimum atomic E-state index is -0.659. The third kappa shape index (κ3) is 5.44. The van der Waals surface area contributed by atoms with Gasteiger partial charge in [0.25, 0.3) is 5.91 Å². The first-order valence-corrected chi connectivity index (χ1v) is 7.93. The molecule has 6 nitrogen and oxygen atoms in total. The number of ether oxygens (including phenoxy) is 1. The molecule has 0 atom stereocenters. The van der Waals surface area contributed by atoms with Crippen LogP contribution in [0, 0.1) is 0 Å². The molecule has 1 N–H and O–H groups in total. The molecule has 0 aliphatic rings. The van der Waals surface area contributed by atoms with Gasteiger partial charge in [0.05, 0.1) is 11.1 Å². The normalized spacial score (nSPS) is 11.7. The van der Waals surface area contributed by atoms with Gasteiger partial charge in [-0.1, -0.05) is 12.1 Å². The molecule has 1 aromatic carbocycles. The Labute approximate surface area is 144 Å². The summed E-state index contributed by atoms with van der Waals surface area (Å²) >= 11 is 0. The van der Waals surface area contributed by atoms with E-state index in [-0.39, 0.29) is 5.91 Å². The predicted octanol–water partition coefficient (Wildman–Crippen LogP) is 3.43. The molecule has 0 aliphatic carbocycles. The number of nitrogens with zero attached hydrogens (tertiary/aromatic N) is 2. The van der Waals surface area contributed by atoms with E-state index >= 15 is 0 Å². The Morgan fingerprint density at radius 2 is 1.54 bits per heavy atom. The van der Waals surface area contributed by atoms with Crippen LogP contribution in [0.5, 0.6) is 0 Å². The van der Waals surface area contributed by atoms with Crippen LogP contribution >= 0.6 is 0 Å². The van der Waals surface area contributed by atoms with E-state index in [1.54, 1.807) is 32.9 Å². The van der Waals surface area contributed by atoms with Gasteiger partial charge in [0, 0.05) is 19.8 Å². The summed E-state index contributed by atoms with van der Waals surface area (Å²) in [5, 5.41) is 1.31. The number of carbonyl (C=O) groups excluding carboxylic acids is 2. The molecule has 0 saturated carbocycles. The lowest BCUT2D eigenvalue weighted by atomic mass is 10.1. The van der Waals surface area contributed by atoms with Gasteiger partial charge in [0.15, 0.2) is 0 Å². The zero-order chi connectivity index (χ0) is 18.7. The lowest BCUT2D eigenvalue weighted by Crippen LogP contribution is -2.56. The molecule has 0 aliphatic heterocycles. The van der Waals surface area contributed by atoms with Gasteiger partial charge >= 0.3 is 6.09 Å². The second-order valence-corrected chi connectivity index (χ2v) is 7.84. The maximum Gasteiger partial charge on any atom is 0.426 e. The molecule has 6 heteroatoms. The van der Waals surface area contributed by atoms with Crippen molar-refractivity contribution in [1.82, 2.24) is 10.4 Å². The van der Waals surface area contributed by atoms with Gasteiger partial charge in [-0.25, -0.2) is 15.2 Å². The largest absolute Gasteiger partial charge is 0.443 e. The number of rotatable bonds is 2. The van der Waals surface area contributed by atoms with Crippen LogP contribution in [0.15, 0.2) is 24.3 Å². The monoisotopic (exact) mass is 335 g/mol. The second kappa shape index (κ2) is 7.11. The van der Waals surface area contributed by atoms with Crippen molar-refractivity contribution >= 4 is 17.7 Å². The highest BCUT2D eigenvalue weighted by molar-refractivity contribution is 6.00. The van der Waals surface area contributed by atoms with Crippen molar-refractivity contribution in [1.29, 1.82) is 0 Å². The van der Waals surface area contributed by atoms with E-state index in [1.807, 2.05) is 51.9 Å². The summed E-state index contributed by atoms with van der Waals surface area (Å²) in [6.45, 7) is 10.9. The van der Waals surface area contributed by atoms with Crippen LogP contribution in [0.2, 0.25) is 0 Å². The highest BCUT2D eigenvalue weighted by Crippen LogP contribution is 2.23. The second-order valence-electron chi connectivity index (χ2n) is 7.84. The molecular weight excluding hydrogens is 306 g/mol. The lowest BCUT2D eigenvalue weighted by Gasteiger charge is -2.36. The summed E-state index contributed by atoms with van der Waals surface area (Å²) in [6, 6.07) is 7.28. The van der Waals surface area contributed by atoms with Crippen molar-refractivity contribution in [2.45, 2.75) is 52.7 Å². The molecular formula is C18H29N3O3. The van der Waals surface area contributed by atoms with Crippen molar-refractivity contribution < 1.29 is 14.3 Å². The summed E-state index contributed by atoms with van der Waals surface area (Å²) in [6.07, 6.45) is -0.659. The van der Waals surface area contributed by atoms with E-state index in [0.29, 0.717) is 5.56 Å². The fourth-order valence-corrected chi connectivity index (χ4v) is 2.08. The summed E-state index contributed by atoms with van der Waals surface area (Å²) in [7, 11) is 3.74. The number of hydrogen-bond acceptors (Lipinski definition) is 4. The van der Waals surface area contributed by atoms with Gasteiger partial charge in [0.2, 0.25) is 0 Å². The van der Waals surface area contributed by atoms with Crippen molar-refractivity contribution in [3.63, 3.8) is 0 Å². The fraction of sp³-hybridized carbons (Fsp3) is 0.556. The number of para-hydroxylation sites is 1. The lowest BCUT2D eigenvalue weighted by molar-refractivity contribution is 0.0118. The molecule has 1 aromatic rings. The van der Waals surface area contributed by atoms with E-state index in [1.165, 1.54) is 5.01 Å². The standard InChI is InChI=1S/C18H29N3O3/c1-17(2,3)21(19-16(23)24-18(4,5)6)15(22)13-11-9-10-12-14(13)20(7)8/h9-12H,1-8H3,(H,19,23). The van der Waals surface area contributed by atoms with E-state index < -0.39 is 17.2 Å². The number of anilines is 1. The summed E-state index contributed by atoms with van der Waals surface area (Å²) in [5.41, 5.74) is 2.61. The third-order valence-electron chi connectivity index (χ3n) is 3.09. The summed E-state index contributed by atoms with van der Waals surface area (Å²) in [5.74, 6) is -0.294. The molecule has 0 aromatic heterocycles. The molecule has 0 spiro atoms. The molecule has 0 unspecified atom stereocenters.